The Morgan fingerprint density at radius 1 is 0.806 bits per heavy atom. The van der Waals surface area contributed by atoms with Gasteiger partial charge in [0.15, 0.2) is 0 Å². The van der Waals surface area contributed by atoms with Gasteiger partial charge < -0.3 is 9.80 Å². The van der Waals surface area contributed by atoms with E-state index < -0.39 is 11.6 Å². The quantitative estimate of drug-likeness (QED) is 0.647. The summed E-state index contributed by atoms with van der Waals surface area (Å²) in [6, 6.07) is 12.1. The summed E-state index contributed by atoms with van der Waals surface area (Å²) >= 11 is 0. The number of amides is 2. The predicted molar refractivity (Wildman–Crippen MR) is 111 cm³/mol. The van der Waals surface area contributed by atoms with Crippen LogP contribution in [0.15, 0.2) is 54.7 Å². The van der Waals surface area contributed by atoms with Gasteiger partial charge in [-0.1, -0.05) is 24.3 Å². The highest BCUT2D eigenvalue weighted by molar-refractivity contribution is 5.96. The molecule has 8 heteroatoms. The molecule has 0 atom stereocenters. The fourth-order valence-electron chi connectivity index (χ4n) is 3.78. The third-order valence-corrected chi connectivity index (χ3v) is 5.50. The van der Waals surface area contributed by atoms with Crippen LogP contribution in [0.5, 0.6) is 0 Å². The van der Waals surface area contributed by atoms with Gasteiger partial charge in [-0.25, -0.2) is 13.5 Å². The molecular weight excluding hydrogens is 402 g/mol. The van der Waals surface area contributed by atoms with Crippen LogP contribution in [0.3, 0.4) is 0 Å². The van der Waals surface area contributed by atoms with Crippen molar-refractivity contribution in [1.82, 2.24) is 19.6 Å². The third-order valence-electron chi connectivity index (χ3n) is 5.50. The van der Waals surface area contributed by atoms with Gasteiger partial charge in [0.05, 0.1) is 23.0 Å². The predicted octanol–water partition coefficient (Wildman–Crippen LogP) is 3.45. The van der Waals surface area contributed by atoms with Crippen molar-refractivity contribution < 1.29 is 18.4 Å². The minimum atomic E-state index is -0.555. The number of benzene rings is 2. The highest BCUT2D eigenvalue weighted by Crippen LogP contribution is 2.19. The summed E-state index contributed by atoms with van der Waals surface area (Å²) in [5.41, 5.74) is 1.23. The van der Waals surface area contributed by atoms with Gasteiger partial charge in [0.25, 0.3) is 11.8 Å². The smallest absolute Gasteiger partial charge is 0.257 e. The number of carbonyl (C=O) groups is 2. The molecule has 0 saturated carbocycles. The first-order valence-corrected chi connectivity index (χ1v) is 10.1. The van der Waals surface area contributed by atoms with Crippen LogP contribution in [-0.2, 0) is 0 Å². The Bertz CT molecular complexity index is 1130. The Balaban J connectivity index is 1.49. The van der Waals surface area contributed by atoms with Crippen molar-refractivity contribution in [1.29, 1.82) is 0 Å². The van der Waals surface area contributed by atoms with E-state index in [-0.39, 0.29) is 23.1 Å². The van der Waals surface area contributed by atoms with E-state index in [1.807, 2.05) is 0 Å². The van der Waals surface area contributed by atoms with Gasteiger partial charge >= 0.3 is 0 Å². The first-order chi connectivity index (χ1) is 15.0. The van der Waals surface area contributed by atoms with Crippen LogP contribution in [0.25, 0.3) is 5.69 Å². The molecule has 0 radical (unpaired) electrons. The maximum Gasteiger partial charge on any atom is 0.257 e. The van der Waals surface area contributed by atoms with Crippen LogP contribution in [0.4, 0.5) is 8.78 Å². The van der Waals surface area contributed by atoms with E-state index in [1.165, 1.54) is 29.1 Å². The molecule has 0 unspecified atom stereocenters. The average molecular weight is 424 g/mol. The largest absolute Gasteiger partial charge is 0.337 e. The topological polar surface area (TPSA) is 58.4 Å². The van der Waals surface area contributed by atoms with Crippen LogP contribution in [-0.4, -0.2) is 57.6 Å². The number of hydrogen-bond acceptors (Lipinski definition) is 3. The lowest BCUT2D eigenvalue weighted by atomic mass is 10.2. The van der Waals surface area contributed by atoms with E-state index in [1.54, 1.807) is 47.1 Å². The molecule has 1 aliphatic heterocycles. The molecule has 1 fully saturated rings. The molecule has 4 rings (SSSR count). The monoisotopic (exact) mass is 424 g/mol. The summed E-state index contributed by atoms with van der Waals surface area (Å²) in [5, 5.41) is 4.20. The van der Waals surface area contributed by atoms with Crippen molar-refractivity contribution in [2.75, 3.05) is 26.2 Å². The van der Waals surface area contributed by atoms with Crippen molar-refractivity contribution in [3.63, 3.8) is 0 Å². The van der Waals surface area contributed by atoms with Crippen molar-refractivity contribution in [3.05, 3.63) is 83.2 Å². The molecule has 6 nitrogen and oxygen atoms in total. The average Bonchev–Trinajstić information content (AvgIpc) is 2.98. The summed E-state index contributed by atoms with van der Waals surface area (Å²) in [4.78, 5) is 29.0. The van der Waals surface area contributed by atoms with Crippen LogP contribution in [0.2, 0.25) is 0 Å². The number of para-hydroxylation sites is 1. The molecule has 0 spiro atoms. The Morgan fingerprint density at radius 2 is 1.39 bits per heavy atom. The summed E-state index contributed by atoms with van der Waals surface area (Å²) in [7, 11) is 0. The van der Waals surface area contributed by atoms with Crippen LogP contribution in [0, 0.1) is 18.6 Å². The maximum absolute atomic E-state index is 14.1. The summed E-state index contributed by atoms with van der Waals surface area (Å²) in [5.74, 6) is -1.58. The maximum atomic E-state index is 14.1. The van der Waals surface area contributed by atoms with Gasteiger partial charge in [-0.15, -0.1) is 0 Å². The lowest BCUT2D eigenvalue weighted by Gasteiger charge is -2.22. The van der Waals surface area contributed by atoms with E-state index in [0.29, 0.717) is 43.9 Å². The number of carbonyl (C=O) groups excluding carboxylic acids is 2. The standard InChI is InChI=1S/C23H22F2N4O2/c1-16-18(15-26-29(16)21-10-5-4-9-20(21)25)23(31)28-12-6-11-27(13-14-28)22(30)17-7-2-3-8-19(17)24/h2-5,7-10,15H,6,11-14H2,1H3. The second-order valence-corrected chi connectivity index (χ2v) is 7.42. The van der Waals surface area contributed by atoms with Crippen molar-refractivity contribution in [2.24, 2.45) is 0 Å². The molecular formula is C23H22F2N4O2. The van der Waals surface area contributed by atoms with Gasteiger partial charge in [-0.3, -0.25) is 9.59 Å². The highest BCUT2D eigenvalue weighted by atomic mass is 19.1. The molecule has 1 aromatic heterocycles. The molecule has 1 aliphatic rings. The first-order valence-electron chi connectivity index (χ1n) is 10.1. The van der Waals surface area contributed by atoms with Crippen LogP contribution < -0.4 is 0 Å². The molecule has 2 heterocycles. The molecule has 0 aliphatic carbocycles. The molecule has 0 bridgehead atoms. The Hall–Kier alpha value is -3.55. The lowest BCUT2D eigenvalue weighted by molar-refractivity contribution is 0.0715. The summed E-state index contributed by atoms with van der Waals surface area (Å²) < 4.78 is 29.5. The summed E-state index contributed by atoms with van der Waals surface area (Å²) in [6.45, 7) is 3.25. The molecule has 1 saturated heterocycles. The van der Waals surface area contributed by atoms with Gasteiger partial charge in [-0.05, 0) is 37.6 Å². The van der Waals surface area contributed by atoms with E-state index in [2.05, 4.69) is 5.10 Å². The first kappa shape index (κ1) is 20.7. The van der Waals surface area contributed by atoms with Crippen molar-refractivity contribution in [2.45, 2.75) is 13.3 Å². The second-order valence-electron chi connectivity index (χ2n) is 7.42. The van der Waals surface area contributed by atoms with Gasteiger partial charge in [-0.2, -0.15) is 5.10 Å². The number of halogens is 2. The van der Waals surface area contributed by atoms with Crippen LogP contribution >= 0.6 is 0 Å². The van der Waals surface area contributed by atoms with E-state index in [9.17, 15) is 18.4 Å². The fraction of sp³-hybridized carbons (Fsp3) is 0.261. The minimum absolute atomic E-state index is 0.0317. The molecule has 31 heavy (non-hydrogen) atoms. The number of hydrogen-bond donors (Lipinski definition) is 0. The third kappa shape index (κ3) is 4.05. The zero-order valence-electron chi connectivity index (χ0n) is 17.1. The van der Waals surface area contributed by atoms with Crippen molar-refractivity contribution in [3.8, 4) is 5.69 Å². The van der Waals surface area contributed by atoms with Crippen LogP contribution in [0.1, 0.15) is 32.8 Å². The fourth-order valence-corrected chi connectivity index (χ4v) is 3.78. The Labute approximate surface area is 178 Å². The van der Waals surface area contributed by atoms with E-state index in [0.717, 1.165) is 0 Å². The van der Waals surface area contributed by atoms with Gasteiger partial charge in [0, 0.05) is 26.2 Å². The lowest BCUT2D eigenvalue weighted by Crippen LogP contribution is -2.37. The zero-order chi connectivity index (χ0) is 22.0. The molecule has 2 aromatic carbocycles. The Morgan fingerprint density at radius 3 is 2.03 bits per heavy atom. The molecule has 0 N–H and O–H groups in total. The number of aromatic nitrogens is 2. The van der Waals surface area contributed by atoms with E-state index in [4.69, 9.17) is 0 Å². The van der Waals surface area contributed by atoms with Crippen molar-refractivity contribution >= 4 is 11.8 Å². The minimum Gasteiger partial charge on any atom is -0.337 e. The molecule has 3 aromatic rings. The highest BCUT2D eigenvalue weighted by Gasteiger charge is 2.27. The van der Waals surface area contributed by atoms with E-state index >= 15 is 0 Å². The van der Waals surface area contributed by atoms with Gasteiger partial charge in [0.1, 0.15) is 17.3 Å². The summed E-state index contributed by atoms with van der Waals surface area (Å²) in [6.07, 6.45) is 2.02. The number of nitrogens with zero attached hydrogens (tertiary/aromatic N) is 4. The molecule has 2 amide bonds. The SMILES string of the molecule is Cc1c(C(=O)N2CCCN(C(=O)c3ccccc3F)CC2)cnn1-c1ccccc1F. The molecule has 160 valence electrons. The zero-order valence-corrected chi connectivity index (χ0v) is 17.1. The number of rotatable bonds is 3. The normalized spacial score (nSPS) is 14.4. The second kappa shape index (κ2) is 8.67. The Kier molecular flexibility index (Phi) is 5.79. The van der Waals surface area contributed by atoms with Gasteiger partial charge in [0.2, 0.25) is 0 Å².